The van der Waals surface area contributed by atoms with E-state index in [4.69, 9.17) is 9.47 Å². The molecule has 0 aromatic rings. The van der Waals surface area contributed by atoms with E-state index in [1.807, 2.05) is 0 Å². The van der Waals surface area contributed by atoms with Gasteiger partial charge >= 0.3 is 11.9 Å². The second-order valence-corrected chi connectivity index (χ2v) is 21.4. The molecule has 0 radical (unpaired) electrons. The molecule has 80 heavy (non-hydrogen) atoms. The van der Waals surface area contributed by atoms with Crippen molar-refractivity contribution in [3.63, 3.8) is 0 Å². The van der Waals surface area contributed by atoms with E-state index in [9.17, 15) is 14.7 Å². The maximum atomic E-state index is 12.4. The van der Waals surface area contributed by atoms with Crippen molar-refractivity contribution < 1.29 is 24.2 Å². The Hall–Kier alpha value is -4.48. The first-order valence-electron chi connectivity index (χ1n) is 33.0. The zero-order valence-electron chi connectivity index (χ0n) is 51.8. The van der Waals surface area contributed by atoms with E-state index in [1.54, 1.807) is 0 Å². The topological polar surface area (TPSA) is 72.8 Å². The van der Waals surface area contributed by atoms with Crippen LogP contribution >= 0.6 is 0 Å². The first kappa shape index (κ1) is 75.5. The van der Waals surface area contributed by atoms with Gasteiger partial charge in [-0.1, -0.05) is 307 Å². The highest BCUT2D eigenvalue weighted by Gasteiger charge is 2.16. The van der Waals surface area contributed by atoms with Crippen LogP contribution in [0.25, 0.3) is 0 Å². The number of carbonyl (C=O) groups excluding carboxylic acids is 2. The Morgan fingerprint density at radius 1 is 0.287 bits per heavy atom. The zero-order chi connectivity index (χ0) is 57.6. The lowest BCUT2D eigenvalue weighted by atomic mass is 10.0. The Morgan fingerprint density at radius 2 is 0.500 bits per heavy atom. The second kappa shape index (κ2) is 68.8. The van der Waals surface area contributed by atoms with Gasteiger partial charge in [0.05, 0.1) is 6.61 Å². The van der Waals surface area contributed by atoms with Crippen molar-refractivity contribution in [1.82, 2.24) is 0 Å². The van der Waals surface area contributed by atoms with Gasteiger partial charge in [-0.05, 0) is 122 Å². The van der Waals surface area contributed by atoms with Crippen molar-refractivity contribution in [1.29, 1.82) is 0 Å². The highest BCUT2D eigenvalue weighted by atomic mass is 16.6. The summed E-state index contributed by atoms with van der Waals surface area (Å²) in [7, 11) is 0. The molecule has 0 heterocycles. The highest BCUT2D eigenvalue weighted by Crippen LogP contribution is 2.16. The number of hydrogen-bond donors (Lipinski definition) is 1. The molecule has 452 valence electrons. The number of unbranched alkanes of at least 4 members (excludes halogenated alkanes) is 25. The molecule has 1 atom stereocenters. The first-order valence-corrected chi connectivity index (χ1v) is 33.0. The smallest absolute Gasteiger partial charge is 0.306 e. The van der Waals surface area contributed by atoms with E-state index in [0.29, 0.717) is 12.8 Å². The molecule has 0 spiro atoms. The standard InChI is InChI=1S/C75H122O5/c1-3-5-7-9-11-13-15-17-19-21-23-25-27-29-31-32-33-34-35-36-37-38-39-40-41-42-44-46-48-50-52-54-56-58-60-62-64-66-68-70-75(78)80-73(71-76)72-79-74(77)69-67-65-63-61-59-57-55-53-51-49-47-45-43-30-28-26-24-22-20-18-16-14-12-10-8-6-4-2/h5-8,11-14,17-20,23-26,29-31,33-34,36-37,43,47,49,73,76H,3-4,9-10,15-16,21-22,27-28,32,35,38-42,44-46,48,50-72H2,1-2H3/b7-5-,8-6-,13-11-,14-12-,19-17-,20-18-,25-23-,26-24-,31-29-,34-33-,37-36-,43-30-,49-47-. The third-order valence-corrected chi connectivity index (χ3v) is 13.8. The SMILES string of the molecule is CC/C=C\C/C=C\C/C=C\C/C=C\C/C=C\C/C=C\C/C=C\CCCCCCCCCCCCCCCCCCCC(=O)OC(CO)COC(=O)CCCCCCCCCC/C=C\C/C=C\C/C=C\C/C=C\C/C=C\C/C=C\CC. The fourth-order valence-electron chi connectivity index (χ4n) is 8.95. The van der Waals surface area contributed by atoms with Gasteiger partial charge in [0.1, 0.15) is 6.61 Å². The molecule has 0 amide bonds. The lowest BCUT2D eigenvalue weighted by Crippen LogP contribution is -2.28. The van der Waals surface area contributed by atoms with Crippen molar-refractivity contribution in [2.45, 2.75) is 290 Å². The maximum Gasteiger partial charge on any atom is 0.306 e. The Morgan fingerprint density at radius 3 is 0.750 bits per heavy atom. The number of aliphatic hydroxyl groups excluding tert-OH is 1. The third kappa shape index (κ3) is 66.0. The summed E-state index contributed by atoms with van der Waals surface area (Å²) in [6, 6.07) is 0. The van der Waals surface area contributed by atoms with Crippen molar-refractivity contribution >= 4 is 11.9 Å². The van der Waals surface area contributed by atoms with Crippen LogP contribution in [0, 0.1) is 0 Å². The van der Waals surface area contributed by atoms with Gasteiger partial charge in [-0.15, -0.1) is 0 Å². The predicted molar refractivity (Wildman–Crippen MR) is 352 cm³/mol. The first-order chi connectivity index (χ1) is 39.6. The van der Waals surface area contributed by atoms with Crippen LogP contribution in [0.5, 0.6) is 0 Å². The molecule has 5 nitrogen and oxygen atoms in total. The third-order valence-electron chi connectivity index (χ3n) is 13.8. The van der Waals surface area contributed by atoms with E-state index >= 15 is 0 Å². The molecule has 0 saturated heterocycles. The molecule has 5 heteroatoms. The molecular formula is C75H122O5. The lowest BCUT2D eigenvalue weighted by molar-refractivity contribution is -0.161. The fourth-order valence-corrected chi connectivity index (χ4v) is 8.95. The predicted octanol–water partition coefficient (Wildman–Crippen LogP) is 23.1. The van der Waals surface area contributed by atoms with E-state index in [0.717, 1.165) is 128 Å². The van der Waals surface area contributed by atoms with Gasteiger partial charge in [-0.3, -0.25) is 9.59 Å². The number of aliphatic hydroxyl groups is 1. The average molecular weight is 1100 g/mol. The van der Waals surface area contributed by atoms with Crippen LogP contribution in [0.1, 0.15) is 284 Å². The lowest BCUT2D eigenvalue weighted by Gasteiger charge is -2.15. The molecule has 0 aliphatic carbocycles. The van der Waals surface area contributed by atoms with E-state index in [1.165, 1.54) is 128 Å². The molecule has 0 aromatic carbocycles. The van der Waals surface area contributed by atoms with Gasteiger partial charge in [0.2, 0.25) is 0 Å². The molecule has 0 rings (SSSR count). The highest BCUT2D eigenvalue weighted by molar-refractivity contribution is 5.70. The van der Waals surface area contributed by atoms with Crippen molar-refractivity contribution in [2.24, 2.45) is 0 Å². The van der Waals surface area contributed by atoms with Crippen LogP contribution in [0.4, 0.5) is 0 Å². The van der Waals surface area contributed by atoms with Crippen LogP contribution in [-0.4, -0.2) is 36.4 Å². The second-order valence-electron chi connectivity index (χ2n) is 21.4. The van der Waals surface area contributed by atoms with Crippen molar-refractivity contribution in [3.05, 3.63) is 158 Å². The Balaban J connectivity index is 3.52. The largest absolute Gasteiger partial charge is 0.462 e. The number of esters is 2. The summed E-state index contributed by atoms with van der Waals surface area (Å²) in [5.41, 5.74) is 0. The monoisotopic (exact) mass is 1100 g/mol. The van der Waals surface area contributed by atoms with E-state index in [-0.39, 0.29) is 25.2 Å². The number of hydrogen-bond acceptors (Lipinski definition) is 5. The summed E-state index contributed by atoms with van der Waals surface area (Å²) in [4.78, 5) is 24.6. The van der Waals surface area contributed by atoms with Gasteiger partial charge in [0, 0.05) is 12.8 Å². The minimum Gasteiger partial charge on any atom is -0.462 e. The molecule has 1 unspecified atom stereocenters. The van der Waals surface area contributed by atoms with E-state index < -0.39 is 6.10 Å². The number of allylic oxidation sites excluding steroid dienone is 26. The van der Waals surface area contributed by atoms with Gasteiger partial charge in [0.15, 0.2) is 6.10 Å². The Bertz CT molecular complexity index is 1730. The Kier molecular flexibility index (Phi) is 64.9. The minimum atomic E-state index is -0.787. The molecule has 0 aliphatic rings. The number of ether oxygens (including phenoxy) is 2. The molecule has 1 N–H and O–H groups in total. The summed E-state index contributed by atoms with van der Waals surface area (Å²) in [6.07, 6.45) is 105. The van der Waals surface area contributed by atoms with Crippen LogP contribution in [0.15, 0.2) is 158 Å². The van der Waals surface area contributed by atoms with Crippen LogP contribution < -0.4 is 0 Å². The normalized spacial score (nSPS) is 13.3. The van der Waals surface area contributed by atoms with E-state index in [2.05, 4.69) is 172 Å². The van der Waals surface area contributed by atoms with Gasteiger partial charge in [0.25, 0.3) is 0 Å². The number of rotatable bonds is 59. The van der Waals surface area contributed by atoms with Crippen molar-refractivity contribution in [3.8, 4) is 0 Å². The van der Waals surface area contributed by atoms with Gasteiger partial charge in [-0.25, -0.2) is 0 Å². The minimum absolute atomic E-state index is 0.0770. The molecular weight excluding hydrogens is 981 g/mol. The molecule has 0 saturated carbocycles. The zero-order valence-corrected chi connectivity index (χ0v) is 51.8. The van der Waals surface area contributed by atoms with Crippen molar-refractivity contribution in [2.75, 3.05) is 13.2 Å². The van der Waals surface area contributed by atoms with Crippen LogP contribution in [0.2, 0.25) is 0 Å². The molecule has 0 aliphatic heterocycles. The van der Waals surface area contributed by atoms with Gasteiger partial charge in [-0.2, -0.15) is 0 Å². The summed E-state index contributed by atoms with van der Waals surface area (Å²) in [5.74, 6) is -0.601. The fraction of sp³-hybridized carbons (Fsp3) is 0.627. The molecule has 0 fully saturated rings. The molecule has 0 bridgehead atoms. The quantitative estimate of drug-likeness (QED) is 0.0373. The van der Waals surface area contributed by atoms with Gasteiger partial charge < -0.3 is 14.6 Å². The Labute approximate surface area is 494 Å². The van der Waals surface area contributed by atoms with Crippen LogP contribution in [-0.2, 0) is 19.1 Å². The number of carbonyl (C=O) groups is 2. The molecule has 0 aromatic heterocycles. The maximum absolute atomic E-state index is 12.4. The summed E-state index contributed by atoms with van der Waals surface area (Å²) in [6.45, 7) is 3.91. The summed E-state index contributed by atoms with van der Waals surface area (Å²) < 4.78 is 10.7. The summed E-state index contributed by atoms with van der Waals surface area (Å²) in [5, 5.41) is 9.69. The van der Waals surface area contributed by atoms with Crippen LogP contribution in [0.3, 0.4) is 0 Å². The summed E-state index contributed by atoms with van der Waals surface area (Å²) >= 11 is 0. The average Bonchev–Trinajstić information content (AvgIpc) is 3.46.